The molecule has 0 saturated heterocycles. The Kier molecular flexibility index (Phi) is 6.28. The van der Waals surface area contributed by atoms with Crippen molar-refractivity contribution in [2.45, 2.75) is 20.0 Å². The van der Waals surface area contributed by atoms with Gasteiger partial charge in [0.15, 0.2) is 6.10 Å². The summed E-state index contributed by atoms with van der Waals surface area (Å²) in [5.41, 5.74) is -0.307. The van der Waals surface area contributed by atoms with Gasteiger partial charge in [-0.25, -0.2) is 9.59 Å². The van der Waals surface area contributed by atoms with E-state index in [2.05, 4.69) is 26.0 Å². The highest BCUT2D eigenvalue weighted by molar-refractivity contribution is 9.10. The van der Waals surface area contributed by atoms with Crippen molar-refractivity contribution >= 4 is 39.0 Å². The van der Waals surface area contributed by atoms with Gasteiger partial charge in [-0.3, -0.25) is 4.79 Å². The van der Waals surface area contributed by atoms with Crippen LogP contribution in [0.2, 0.25) is 0 Å². The zero-order valence-electron chi connectivity index (χ0n) is 15.7. The summed E-state index contributed by atoms with van der Waals surface area (Å²) in [5.74, 6) is -0.150. The molecule has 8 nitrogen and oxygen atoms in total. The van der Waals surface area contributed by atoms with Crippen LogP contribution in [0, 0.1) is 0 Å². The second-order valence-corrected chi connectivity index (χ2v) is 6.95. The van der Waals surface area contributed by atoms with Crippen molar-refractivity contribution in [1.82, 2.24) is 9.66 Å². The topological polar surface area (TPSA) is 103 Å². The number of hydrogen-bond donors (Lipinski definition) is 1. The number of carbonyl (C=O) groups is 1. The van der Waals surface area contributed by atoms with Crippen molar-refractivity contribution in [3.63, 3.8) is 0 Å². The molecule has 0 bridgehead atoms. The standard InChI is InChI=1S/C20H18BrN3O5/c1-3-28-19(26)12(2)29-17-9-8-14(21)10-13(17)11-22-24-18(25)15-6-4-5-7-16(15)23-20(24)27/h4-12H,3H2,1-2H3,(H,23,27)/t12-/m0/s1. The highest BCUT2D eigenvalue weighted by Crippen LogP contribution is 2.23. The van der Waals surface area contributed by atoms with Gasteiger partial charge in [-0.15, -0.1) is 4.68 Å². The van der Waals surface area contributed by atoms with E-state index in [9.17, 15) is 14.4 Å². The molecule has 1 N–H and O–H groups in total. The number of hydrogen-bond acceptors (Lipinski definition) is 6. The summed E-state index contributed by atoms with van der Waals surface area (Å²) in [6.45, 7) is 3.52. The minimum absolute atomic E-state index is 0.245. The van der Waals surface area contributed by atoms with Gasteiger partial charge in [-0.2, -0.15) is 5.10 Å². The molecule has 29 heavy (non-hydrogen) atoms. The van der Waals surface area contributed by atoms with E-state index in [1.54, 1.807) is 56.3 Å². The number of rotatable bonds is 6. The summed E-state index contributed by atoms with van der Waals surface area (Å²) in [6, 6.07) is 11.7. The van der Waals surface area contributed by atoms with Gasteiger partial charge in [-0.05, 0) is 44.2 Å². The van der Waals surface area contributed by atoms with Crippen LogP contribution in [-0.4, -0.2) is 34.6 Å². The maximum atomic E-state index is 12.6. The van der Waals surface area contributed by atoms with E-state index < -0.39 is 23.3 Å². The van der Waals surface area contributed by atoms with E-state index in [0.29, 0.717) is 22.2 Å². The maximum absolute atomic E-state index is 12.6. The van der Waals surface area contributed by atoms with Crippen LogP contribution < -0.4 is 16.0 Å². The predicted octanol–water partition coefficient (Wildman–Crippen LogP) is 2.66. The van der Waals surface area contributed by atoms with E-state index >= 15 is 0 Å². The molecule has 1 atom stereocenters. The molecule has 0 aliphatic carbocycles. The van der Waals surface area contributed by atoms with Crippen molar-refractivity contribution in [3.05, 3.63) is 73.3 Å². The molecule has 0 fully saturated rings. The number of H-pyrrole nitrogens is 1. The van der Waals surface area contributed by atoms with Gasteiger partial charge >= 0.3 is 11.7 Å². The molecule has 0 radical (unpaired) electrons. The van der Waals surface area contributed by atoms with E-state index in [1.165, 1.54) is 6.21 Å². The molecular formula is C20H18BrN3O5. The molecule has 0 amide bonds. The average Bonchev–Trinajstić information content (AvgIpc) is 2.69. The van der Waals surface area contributed by atoms with E-state index in [1.807, 2.05) is 0 Å². The maximum Gasteiger partial charge on any atom is 0.349 e. The highest BCUT2D eigenvalue weighted by Gasteiger charge is 2.17. The third kappa shape index (κ3) is 4.62. The largest absolute Gasteiger partial charge is 0.478 e. The lowest BCUT2D eigenvalue weighted by Gasteiger charge is -2.15. The Morgan fingerprint density at radius 2 is 2.03 bits per heavy atom. The van der Waals surface area contributed by atoms with Crippen LogP contribution in [0.25, 0.3) is 10.9 Å². The van der Waals surface area contributed by atoms with E-state index in [0.717, 1.165) is 9.15 Å². The quantitative estimate of drug-likeness (QED) is 0.450. The zero-order chi connectivity index (χ0) is 21.0. The first-order chi connectivity index (χ1) is 13.9. The Morgan fingerprint density at radius 3 is 2.79 bits per heavy atom. The fraction of sp³-hybridized carbons (Fsp3) is 0.200. The number of carbonyl (C=O) groups excluding carboxylic acids is 1. The molecule has 1 heterocycles. The van der Waals surface area contributed by atoms with Crippen molar-refractivity contribution in [2.75, 3.05) is 6.61 Å². The molecule has 0 aliphatic heterocycles. The Labute approximate surface area is 173 Å². The third-order valence-electron chi connectivity index (χ3n) is 3.99. The van der Waals surface area contributed by atoms with Gasteiger partial charge in [0.1, 0.15) is 5.75 Å². The van der Waals surface area contributed by atoms with Gasteiger partial charge in [0.05, 0.1) is 23.7 Å². The number of ether oxygens (including phenoxy) is 2. The SMILES string of the molecule is CCOC(=O)[C@H](C)Oc1ccc(Br)cc1C=Nn1c(=O)[nH]c2ccccc2c1=O. The summed E-state index contributed by atoms with van der Waals surface area (Å²) < 4.78 is 12.1. The van der Waals surface area contributed by atoms with Crippen molar-refractivity contribution < 1.29 is 14.3 Å². The number of para-hydroxylation sites is 1. The second-order valence-electron chi connectivity index (χ2n) is 6.03. The fourth-order valence-electron chi connectivity index (χ4n) is 2.60. The minimum atomic E-state index is -0.838. The van der Waals surface area contributed by atoms with E-state index in [-0.39, 0.29) is 6.61 Å². The smallest absolute Gasteiger partial charge is 0.349 e. The summed E-state index contributed by atoms with van der Waals surface area (Å²) >= 11 is 3.36. The summed E-state index contributed by atoms with van der Waals surface area (Å²) in [6.07, 6.45) is 0.485. The molecule has 0 saturated carbocycles. The summed E-state index contributed by atoms with van der Waals surface area (Å²) in [7, 11) is 0. The van der Waals surface area contributed by atoms with Crippen molar-refractivity contribution in [2.24, 2.45) is 5.10 Å². The summed E-state index contributed by atoms with van der Waals surface area (Å²) in [4.78, 5) is 39.3. The lowest BCUT2D eigenvalue weighted by molar-refractivity contribution is -0.150. The van der Waals surface area contributed by atoms with Crippen LogP contribution in [0.1, 0.15) is 19.4 Å². The van der Waals surface area contributed by atoms with Gasteiger partial charge in [0.2, 0.25) is 0 Å². The number of aromatic amines is 1. The molecule has 9 heteroatoms. The lowest BCUT2D eigenvalue weighted by atomic mass is 10.2. The molecular weight excluding hydrogens is 442 g/mol. The number of nitrogens with zero attached hydrogens (tertiary/aromatic N) is 2. The Hall–Kier alpha value is -3.20. The molecule has 3 rings (SSSR count). The fourth-order valence-corrected chi connectivity index (χ4v) is 2.98. The number of benzene rings is 2. The average molecular weight is 460 g/mol. The van der Waals surface area contributed by atoms with Crippen LogP contribution in [-0.2, 0) is 9.53 Å². The highest BCUT2D eigenvalue weighted by atomic mass is 79.9. The van der Waals surface area contributed by atoms with Crippen LogP contribution in [0.4, 0.5) is 0 Å². The Morgan fingerprint density at radius 1 is 1.28 bits per heavy atom. The number of fused-ring (bicyclic) bond motifs is 1. The molecule has 0 aliphatic rings. The van der Waals surface area contributed by atoms with Gasteiger partial charge < -0.3 is 14.5 Å². The zero-order valence-corrected chi connectivity index (χ0v) is 17.3. The Balaban J connectivity index is 1.98. The summed E-state index contributed by atoms with van der Waals surface area (Å²) in [5, 5.41) is 4.37. The second kappa shape index (κ2) is 8.87. The molecule has 0 spiro atoms. The van der Waals surface area contributed by atoms with Crippen LogP contribution in [0.3, 0.4) is 0 Å². The van der Waals surface area contributed by atoms with Crippen LogP contribution in [0.15, 0.2) is 61.6 Å². The van der Waals surface area contributed by atoms with E-state index in [4.69, 9.17) is 9.47 Å². The molecule has 150 valence electrons. The monoisotopic (exact) mass is 459 g/mol. The van der Waals surface area contributed by atoms with Crippen LogP contribution in [0.5, 0.6) is 5.75 Å². The molecule has 0 unspecified atom stereocenters. The first-order valence-electron chi connectivity index (χ1n) is 8.82. The number of aromatic nitrogens is 2. The van der Waals surface area contributed by atoms with Gasteiger partial charge in [0, 0.05) is 10.0 Å². The van der Waals surface area contributed by atoms with Crippen LogP contribution >= 0.6 is 15.9 Å². The first-order valence-corrected chi connectivity index (χ1v) is 9.61. The normalized spacial score (nSPS) is 12.2. The predicted molar refractivity (Wildman–Crippen MR) is 113 cm³/mol. The first kappa shape index (κ1) is 20.5. The van der Waals surface area contributed by atoms with Gasteiger partial charge in [0.25, 0.3) is 5.56 Å². The molecule has 3 aromatic rings. The van der Waals surface area contributed by atoms with Crippen molar-refractivity contribution in [3.8, 4) is 5.75 Å². The lowest BCUT2D eigenvalue weighted by Crippen LogP contribution is -2.32. The number of halogens is 1. The Bertz CT molecular complexity index is 1200. The van der Waals surface area contributed by atoms with Crippen molar-refractivity contribution in [1.29, 1.82) is 0 Å². The number of esters is 1. The van der Waals surface area contributed by atoms with Gasteiger partial charge in [-0.1, -0.05) is 28.1 Å². The minimum Gasteiger partial charge on any atom is -0.478 e. The number of nitrogens with one attached hydrogen (secondary N) is 1. The third-order valence-corrected chi connectivity index (χ3v) is 4.48. The molecule has 1 aromatic heterocycles. The molecule has 2 aromatic carbocycles.